The van der Waals surface area contributed by atoms with Crippen LogP contribution in [0.3, 0.4) is 0 Å². The molecule has 0 atom stereocenters. The molecule has 2 aromatic rings. The molecule has 0 bridgehead atoms. The van der Waals surface area contributed by atoms with E-state index in [2.05, 4.69) is 0 Å². The molecule has 0 spiro atoms. The van der Waals surface area contributed by atoms with Gasteiger partial charge in [0, 0.05) is 5.56 Å². The fourth-order valence-corrected chi connectivity index (χ4v) is 1.86. The van der Waals surface area contributed by atoms with Crippen LogP contribution in [0.5, 0.6) is 11.5 Å². The number of phenols is 1. The molecule has 0 saturated carbocycles. The van der Waals surface area contributed by atoms with Crippen LogP contribution in [0.1, 0.15) is 26.3 Å². The Morgan fingerprint density at radius 3 is 2.52 bits per heavy atom. The van der Waals surface area contributed by atoms with Gasteiger partial charge >= 0.3 is 0 Å². The molecule has 106 valence electrons. The summed E-state index contributed by atoms with van der Waals surface area (Å²) < 4.78 is 4.99. The number of carbonyl (C=O) groups is 2. The minimum atomic E-state index is -0.209. The minimum Gasteiger partial charge on any atom is -0.504 e. The van der Waals surface area contributed by atoms with Crippen molar-refractivity contribution in [2.24, 2.45) is 0 Å². The monoisotopic (exact) mass is 282 g/mol. The van der Waals surface area contributed by atoms with Crippen LogP contribution in [0, 0.1) is 0 Å². The van der Waals surface area contributed by atoms with Crippen molar-refractivity contribution in [3.8, 4) is 11.5 Å². The average Bonchev–Trinajstić information content (AvgIpc) is 2.54. The Morgan fingerprint density at radius 1 is 1.19 bits per heavy atom. The summed E-state index contributed by atoms with van der Waals surface area (Å²) in [5.41, 5.74) is 1.28. The van der Waals surface area contributed by atoms with E-state index in [1.54, 1.807) is 36.4 Å². The summed E-state index contributed by atoms with van der Waals surface area (Å²) in [6.07, 6.45) is 3.52. The van der Waals surface area contributed by atoms with Crippen LogP contribution in [-0.4, -0.2) is 24.3 Å². The predicted molar refractivity (Wildman–Crippen MR) is 79.9 cm³/mol. The summed E-state index contributed by atoms with van der Waals surface area (Å²) in [6, 6.07) is 11.9. The van der Waals surface area contributed by atoms with Crippen molar-refractivity contribution < 1.29 is 19.4 Å². The van der Waals surface area contributed by atoms with E-state index in [-0.39, 0.29) is 22.8 Å². The normalized spacial score (nSPS) is 10.5. The van der Waals surface area contributed by atoms with E-state index < -0.39 is 0 Å². The maximum Gasteiger partial charge on any atom is 0.185 e. The molecule has 4 heteroatoms. The standard InChI is InChI=1S/C17H14O4/c1-21-16-10-12(9-14(11-18)17(16)20)7-8-15(19)13-5-3-2-4-6-13/h2-11,20H,1H3/b8-7+. The quantitative estimate of drug-likeness (QED) is 0.520. The first-order valence-electron chi connectivity index (χ1n) is 6.29. The Hall–Kier alpha value is -2.88. The van der Waals surface area contributed by atoms with E-state index in [0.717, 1.165) is 0 Å². The van der Waals surface area contributed by atoms with E-state index in [4.69, 9.17) is 4.74 Å². The Kier molecular flexibility index (Phi) is 4.51. The number of phenolic OH excluding ortho intramolecular Hbond substituents is 1. The third-order valence-electron chi connectivity index (χ3n) is 2.96. The second-order valence-corrected chi connectivity index (χ2v) is 4.34. The number of benzene rings is 2. The second-order valence-electron chi connectivity index (χ2n) is 4.34. The van der Waals surface area contributed by atoms with Crippen molar-refractivity contribution in [3.05, 3.63) is 65.2 Å². The molecule has 0 unspecified atom stereocenters. The van der Waals surface area contributed by atoms with Gasteiger partial charge in [0.25, 0.3) is 0 Å². The van der Waals surface area contributed by atoms with Crippen molar-refractivity contribution in [1.29, 1.82) is 0 Å². The van der Waals surface area contributed by atoms with Gasteiger partial charge in [-0.25, -0.2) is 0 Å². The van der Waals surface area contributed by atoms with Crippen LogP contribution in [-0.2, 0) is 0 Å². The van der Waals surface area contributed by atoms with E-state index >= 15 is 0 Å². The second kappa shape index (κ2) is 6.52. The maximum absolute atomic E-state index is 12.0. The molecular formula is C17H14O4. The van der Waals surface area contributed by atoms with Gasteiger partial charge in [0.2, 0.25) is 0 Å². The van der Waals surface area contributed by atoms with Gasteiger partial charge in [-0.1, -0.05) is 36.4 Å². The molecule has 0 radical (unpaired) electrons. The molecule has 0 aliphatic carbocycles. The number of ether oxygens (including phenoxy) is 1. The van der Waals surface area contributed by atoms with Crippen molar-refractivity contribution in [2.75, 3.05) is 7.11 Å². The molecule has 21 heavy (non-hydrogen) atoms. The van der Waals surface area contributed by atoms with Crippen molar-refractivity contribution in [3.63, 3.8) is 0 Å². The molecule has 2 rings (SSSR count). The van der Waals surface area contributed by atoms with Gasteiger partial charge in [-0.05, 0) is 23.8 Å². The number of hydrogen-bond acceptors (Lipinski definition) is 4. The van der Waals surface area contributed by atoms with E-state index in [9.17, 15) is 14.7 Å². The molecule has 4 nitrogen and oxygen atoms in total. The van der Waals surface area contributed by atoms with Crippen molar-refractivity contribution >= 4 is 18.1 Å². The van der Waals surface area contributed by atoms with Gasteiger partial charge in [-0.15, -0.1) is 0 Å². The lowest BCUT2D eigenvalue weighted by Crippen LogP contribution is -1.93. The molecule has 0 fully saturated rings. The largest absolute Gasteiger partial charge is 0.504 e. The van der Waals surface area contributed by atoms with Crippen LogP contribution in [0.2, 0.25) is 0 Å². The smallest absolute Gasteiger partial charge is 0.185 e. The summed E-state index contributed by atoms with van der Waals surface area (Å²) >= 11 is 0. The van der Waals surface area contributed by atoms with Gasteiger partial charge in [-0.2, -0.15) is 0 Å². The number of carbonyl (C=O) groups excluding carboxylic acids is 2. The molecule has 0 amide bonds. The highest BCUT2D eigenvalue weighted by Gasteiger charge is 2.09. The molecule has 2 aromatic carbocycles. The number of methoxy groups -OCH3 is 1. The van der Waals surface area contributed by atoms with Gasteiger partial charge in [-0.3, -0.25) is 9.59 Å². The van der Waals surface area contributed by atoms with Crippen LogP contribution >= 0.6 is 0 Å². The fraction of sp³-hybridized carbons (Fsp3) is 0.0588. The molecule has 0 aliphatic rings. The van der Waals surface area contributed by atoms with Crippen LogP contribution in [0.15, 0.2) is 48.5 Å². The number of allylic oxidation sites excluding steroid dienone is 1. The first-order chi connectivity index (χ1) is 10.2. The lowest BCUT2D eigenvalue weighted by atomic mass is 10.1. The number of rotatable bonds is 5. The number of hydrogen-bond donors (Lipinski definition) is 1. The summed E-state index contributed by atoms with van der Waals surface area (Å²) in [7, 11) is 1.40. The minimum absolute atomic E-state index is 0.112. The third kappa shape index (κ3) is 3.36. The lowest BCUT2D eigenvalue weighted by Gasteiger charge is -2.06. The zero-order valence-electron chi connectivity index (χ0n) is 11.4. The number of aldehydes is 1. The van der Waals surface area contributed by atoms with Crippen LogP contribution in [0.25, 0.3) is 6.08 Å². The number of ketones is 1. The van der Waals surface area contributed by atoms with Gasteiger partial charge in [0.15, 0.2) is 23.6 Å². The summed E-state index contributed by atoms with van der Waals surface area (Å²) in [5, 5.41) is 9.72. The number of aromatic hydroxyl groups is 1. The van der Waals surface area contributed by atoms with E-state index in [0.29, 0.717) is 17.4 Å². The Labute approximate surface area is 122 Å². The highest BCUT2D eigenvalue weighted by Crippen LogP contribution is 2.30. The van der Waals surface area contributed by atoms with E-state index in [1.165, 1.54) is 19.3 Å². The van der Waals surface area contributed by atoms with Gasteiger partial charge in [0.1, 0.15) is 0 Å². The summed E-state index contributed by atoms with van der Waals surface area (Å²) in [4.78, 5) is 22.9. The Balaban J connectivity index is 2.29. The first-order valence-corrected chi connectivity index (χ1v) is 6.29. The molecule has 0 aromatic heterocycles. The van der Waals surface area contributed by atoms with Gasteiger partial charge < -0.3 is 9.84 Å². The topological polar surface area (TPSA) is 63.6 Å². The van der Waals surface area contributed by atoms with Crippen molar-refractivity contribution in [2.45, 2.75) is 0 Å². The Morgan fingerprint density at radius 2 is 1.90 bits per heavy atom. The fourth-order valence-electron chi connectivity index (χ4n) is 1.86. The van der Waals surface area contributed by atoms with Gasteiger partial charge in [0.05, 0.1) is 12.7 Å². The maximum atomic E-state index is 12.0. The van der Waals surface area contributed by atoms with E-state index in [1.807, 2.05) is 6.07 Å². The summed E-state index contributed by atoms with van der Waals surface area (Å²) in [6.45, 7) is 0. The highest BCUT2D eigenvalue weighted by molar-refractivity contribution is 6.06. The predicted octanol–water partition coefficient (Wildman–Crippen LogP) is 3.11. The molecule has 1 N–H and O–H groups in total. The molecule has 0 aliphatic heterocycles. The first kappa shape index (κ1) is 14.5. The average molecular weight is 282 g/mol. The SMILES string of the molecule is COc1cc(/C=C/C(=O)c2ccccc2)cc(C=O)c1O. The third-order valence-corrected chi connectivity index (χ3v) is 2.96. The molecular weight excluding hydrogens is 268 g/mol. The van der Waals surface area contributed by atoms with Crippen LogP contribution in [0.4, 0.5) is 0 Å². The van der Waals surface area contributed by atoms with Crippen molar-refractivity contribution in [1.82, 2.24) is 0 Å². The van der Waals surface area contributed by atoms with Crippen LogP contribution < -0.4 is 4.74 Å². The zero-order chi connectivity index (χ0) is 15.2. The zero-order valence-corrected chi connectivity index (χ0v) is 11.4. The molecule has 0 saturated heterocycles. The summed E-state index contributed by atoms with van der Waals surface area (Å²) in [5.74, 6) is -0.166. The Bertz CT molecular complexity index is 687. The lowest BCUT2D eigenvalue weighted by molar-refractivity contribution is 0.104. The highest BCUT2D eigenvalue weighted by atomic mass is 16.5. The molecule has 0 heterocycles.